The molecular formula is C19H17N3O4. The Labute approximate surface area is 150 Å². The molecule has 0 fully saturated rings. The first-order valence-electron chi connectivity index (χ1n) is 8.00. The number of hydrogen-bond acceptors (Lipinski definition) is 6. The van der Waals surface area contributed by atoms with Gasteiger partial charge in [0.05, 0.1) is 5.56 Å². The van der Waals surface area contributed by atoms with E-state index >= 15 is 0 Å². The third-order valence-electron chi connectivity index (χ3n) is 3.53. The summed E-state index contributed by atoms with van der Waals surface area (Å²) in [6, 6.07) is 15.7. The van der Waals surface area contributed by atoms with Crippen LogP contribution in [0.4, 0.5) is 5.69 Å². The highest BCUT2D eigenvalue weighted by Gasteiger charge is 2.20. The quantitative estimate of drug-likeness (QED) is 0.706. The van der Waals surface area contributed by atoms with Crippen LogP contribution in [-0.4, -0.2) is 22.1 Å². The van der Waals surface area contributed by atoms with Gasteiger partial charge in [-0.25, -0.2) is 4.79 Å². The minimum Gasteiger partial charge on any atom is -0.449 e. The van der Waals surface area contributed by atoms with Crippen LogP contribution < -0.4 is 5.32 Å². The number of nitrogens with one attached hydrogen (secondary N) is 1. The number of nitrogens with zero attached hydrogens (tertiary/aromatic N) is 2. The summed E-state index contributed by atoms with van der Waals surface area (Å²) in [6.07, 6.45) is -0.692. The monoisotopic (exact) mass is 351 g/mol. The lowest BCUT2D eigenvalue weighted by molar-refractivity contribution is -0.114. The van der Waals surface area contributed by atoms with Crippen molar-refractivity contribution in [3.63, 3.8) is 0 Å². The van der Waals surface area contributed by atoms with Gasteiger partial charge in [0.25, 0.3) is 5.89 Å². The van der Waals surface area contributed by atoms with E-state index in [1.54, 1.807) is 31.2 Å². The van der Waals surface area contributed by atoms with Gasteiger partial charge in [0.1, 0.15) is 0 Å². The molecular weight excluding hydrogens is 334 g/mol. The largest absolute Gasteiger partial charge is 0.449 e. The van der Waals surface area contributed by atoms with Gasteiger partial charge in [0.2, 0.25) is 11.8 Å². The number of anilines is 1. The van der Waals surface area contributed by atoms with Crippen LogP contribution in [0.3, 0.4) is 0 Å². The third-order valence-corrected chi connectivity index (χ3v) is 3.53. The fourth-order valence-corrected chi connectivity index (χ4v) is 2.27. The van der Waals surface area contributed by atoms with Gasteiger partial charge in [-0.1, -0.05) is 18.2 Å². The maximum Gasteiger partial charge on any atom is 0.338 e. The predicted octanol–water partition coefficient (Wildman–Crippen LogP) is 3.61. The number of hydrogen-bond donors (Lipinski definition) is 1. The SMILES string of the molecule is CC(=O)Nc1ccc(C(=O)O[C@H](C)c2nnc(-c3ccccc3)o2)cc1. The maximum atomic E-state index is 12.2. The second kappa shape index (κ2) is 7.60. The van der Waals surface area contributed by atoms with Crippen molar-refractivity contribution >= 4 is 17.6 Å². The molecule has 0 saturated heterocycles. The van der Waals surface area contributed by atoms with Crippen molar-refractivity contribution in [1.29, 1.82) is 0 Å². The van der Waals surface area contributed by atoms with E-state index in [1.165, 1.54) is 6.92 Å². The zero-order valence-corrected chi connectivity index (χ0v) is 14.3. The Hall–Kier alpha value is -3.48. The summed E-state index contributed by atoms with van der Waals surface area (Å²) in [5.74, 6) is -0.124. The van der Waals surface area contributed by atoms with Crippen LogP contribution in [0.5, 0.6) is 0 Å². The summed E-state index contributed by atoms with van der Waals surface area (Å²) in [7, 11) is 0. The van der Waals surface area contributed by atoms with E-state index in [0.29, 0.717) is 17.1 Å². The third kappa shape index (κ3) is 4.13. The lowest BCUT2D eigenvalue weighted by Gasteiger charge is -2.10. The zero-order valence-electron chi connectivity index (χ0n) is 14.3. The zero-order chi connectivity index (χ0) is 18.5. The maximum absolute atomic E-state index is 12.2. The molecule has 1 aromatic heterocycles. The Morgan fingerprint density at radius 3 is 2.38 bits per heavy atom. The molecule has 3 aromatic rings. The molecule has 1 heterocycles. The van der Waals surface area contributed by atoms with Crippen LogP contribution in [0, 0.1) is 0 Å². The lowest BCUT2D eigenvalue weighted by atomic mass is 10.2. The molecule has 132 valence electrons. The highest BCUT2D eigenvalue weighted by molar-refractivity contribution is 5.92. The molecule has 26 heavy (non-hydrogen) atoms. The predicted molar refractivity (Wildman–Crippen MR) is 94.3 cm³/mol. The normalized spacial score (nSPS) is 11.6. The number of carbonyl (C=O) groups is 2. The summed E-state index contributed by atoms with van der Waals surface area (Å²) < 4.78 is 11.0. The van der Waals surface area contributed by atoms with Crippen molar-refractivity contribution in [1.82, 2.24) is 10.2 Å². The summed E-state index contributed by atoms with van der Waals surface area (Å²) in [5, 5.41) is 10.6. The van der Waals surface area contributed by atoms with Crippen molar-refractivity contribution < 1.29 is 18.7 Å². The van der Waals surface area contributed by atoms with E-state index in [0.717, 1.165) is 5.56 Å². The summed E-state index contributed by atoms with van der Waals surface area (Å²) in [5.41, 5.74) is 1.75. The van der Waals surface area contributed by atoms with Crippen LogP contribution in [0.25, 0.3) is 11.5 Å². The molecule has 3 rings (SSSR count). The highest BCUT2D eigenvalue weighted by Crippen LogP contribution is 2.23. The van der Waals surface area contributed by atoms with E-state index in [-0.39, 0.29) is 11.8 Å². The highest BCUT2D eigenvalue weighted by atomic mass is 16.6. The van der Waals surface area contributed by atoms with Crippen molar-refractivity contribution in [3.05, 3.63) is 66.1 Å². The number of esters is 1. The molecule has 1 amide bonds. The Kier molecular flexibility index (Phi) is 5.07. The molecule has 0 radical (unpaired) electrons. The van der Waals surface area contributed by atoms with Crippen molar-refractivity contribution in [2.75, 3.05) is 5.32 Å². The number of amides is 1. The Morgan fingerprint density at radius 1 is 1.04 bits per heavy atom. The van der Waals surface area contributed by atoms with Crippen LogP contribution in [-0.2, 0) is 9.53 Å². The first-order valence-corrected chi connectivity index (χ1v) is 8.00. The van der Waals surface area contributed by atoms with Gasteiger partial charge < -0.3 is 14.5 Å². The van der Waals surface area contributed by atoms with Gasteiger partial charge in [-0.3, -0.25) is 4.79 Å². The Bertz CT molecular complexity index is 904. The standard InChI is InChI=1S/C19H17N3O4/c1-12(17-21-22-18(26-17)14-6-4-3-5-7-14)25-19(24)15-8-10-16(11-9-15)20-13(2)23/h3-12H,1-2H3,(H,20,23)/t12-/m1/s1. The minimum atomic E-state index is -0.692. The number of rotatable bonds is 5. The smallest absolute Gasteiger partial charge is 0.338 e. The molecule has 0 aliphatic heterocycles. The molecule has 0 unspecified atom stereocenters. The van der Waals surface area contributed by atoms with E-state index in [4.69, 9.17) is 9.15 Å². The second-order valence-corrected chi connectivity index (χ2v) is 5.62. The first-order chi connectivity index (χ1) is 12.5. The number of aromatic nitrogens is 2. The van der Waals surface area contributed by atoms with Gasteiger partial charge in [-0.05, 0) is 43.3 Å². The number of ether oxygens (including phenoxy) is 1. The van der Waals surface area contributed by atoms with E-state index in [1.807, 2.05) is 30.3 Å². The molecule has 7 nitrogen and oxygen atoms in total. The summed E-state index contributed by atoms with van der Waals surface area (Å²) in [6.45, 7) is 3.07. The van der Waals surface area contributed by atoms with Crippen molar-refractivity contribution in [3.8, 4) is 11.5 Å². The van der Waals surface area contributed by atoms with E-state index in [2.05, 4.69) is 15.5 Å². The Balaban J connectivity index is 1.66. The first kappa shape index (κ1) is 17.3. The van der Waals surface area contributed by atoms with Crippen molar-refractivity contribution in [2.24, 2.45) is 0 Å². The van der Waals surface area contributed by atoms with Crippen molar-refractivity contribution in [2.45, 2.75) is 20.0 Å². The molecule has 1 atom stereocenters. The van der Waals surface area contributed by atoms with Crippen LogP contribution in [0.2, 0.25) is 0 Å². The second-order valence-electron chi connectivity index (χ2n) is 5.62. The fourth-order valence-electron chi connectivity index (χ4n) is 2.27. The minimum absolute atomic E-state index is 0.181. The van der Waals surface area contributed by atoms with Gasteiger partial charge in [0.15, 0.2) is 6.10 Å². The average molecular weight is 351 g/mol. The van der Waals surface area contributed by atoms with E-state index < -0.39 is 12.1 Å². The van der Waals surface area contributed by atoms with Crippen LogP contribution in [0.15, 0.2) is 59.0 Å². The summed E-state index contributed by atoms with van der Waals surface area (Å²) in [4.78, 5) is 23.3. The molecule has 1 N–H and O–H groups in total. The number of carbonyl (C=O) groups excluding carboxylic acids is 2. The molecule has 0 aliphatic carbocycles. The van der Waals surface area contributed by atoms with Gasteiger partial charge in [-0.2, -0.15) is 0 Å². The summed E-state index contributed by atoms with van der Waals surface area (Å²) >= 11 is 0. The van der Waals surface area contributed by atoms with E-state index in [9.17, 15) is 9.59 Å². The van der Waals surface area contributed by atoms with Crippen LogP contribution >= 0.6 is 0 Å². The van der Waals surface area contributed by atoms with Gasteiger partial charge in [-0.15, -0.1) is 10.2 Å². The molecule has 2 aromatic carbocycles. The molecule has 7 heteroatoms. The fraction of sp³-hybridized carbons (Fsp3) is 0.158. The van der Waals surface area contributed by atoms with Gasteiger partial charge in [0, 0.05) is 18.2 Å². The van der Waals surface area contributed by atoms with Crippen LogP contribution in [0.1, 0.15) is 36.2 Å². The molecule has 0 saturated carbocycles. The topological polar surface area (TPSA) is 94.3 Å². The lowest BCUT2D eigenvalue weighted by Crippen LogP contribution is -2.10. The molecule has 0 spiro atoms. The van der Waals surface area contributed by atoms with Gasteiger partial charge >= 0.3 is 5.97 Å². The average Bonchev–Trinajstić information content (AvgIpc) is 3.13. The Morgan fingerprint density at radius 2 is 1.73 bits per heavy atom. The molecule has 0 aliphatic rings. The molecule has 0 bridgehead atoms. The number of benzene rings is 2.